The van der Waals surface area contributed by atoms with Crippen LogP contribution in [0.25, 0.3) is 0 Å². The minimum absolute atomic E-state index is 0.134. The first-order valence-corrected chi connectivity index (χ1v) is 9.93. The molecule has 1 unspecified atom stereocenters. The number of nitrogens with one attached hydrogen (secondary N) is 1. The van der Waals surface area contributed by atoms with Gasteiger partial charge in [0, 0.05) is 5.69 Å². The van der Waals surface area contributed by atoms with Crippen LogP contribution in [0.2, 0.25) is 0 Å². The third-order valence-corrected chi connectivity index (χ3v) is 5.47. The van der Waals surface area contributed by atoms with E-state index in [1.807, 2.05) is 72.8 Å². The second kappa shape index (κ2) is 8.50. The standard InChI is InChI=1S/C25H25NO3/c1-28-22-15-13-21(14-16-22)26-24(27)25(29-18-19-8-3-2-4-9-19)17-7-11-20-10-5-6-12-23(20)25/h2-6,8-10,12-16H,7,11,17-18H2,1H3,(H,26,27). The molecule has 1 atom stereocenters. The van der Waals surface area contributed by atoms with Crippen LogP contribution in [0.4, 0.5) is 5.69 Å². The number of hydrogen-bond acceptors (Lipinski definition) is 3. The number of benzene rings is 3. The molecule has 4 nitrogen and oxygen atoms in total. The van der Waals surface area contributed by atoms with E-state index in [-0.39, 0.29) is 5.91 Å². The quantitative estimate of drug-likeness (QED) is 0.641. The fourth-order valence-electron chi connectivity index (χ4n) is 3.93. The van der Waals surface area contributed by atoms with Crippen LogP contribution in [-0.2, 0) is 28.2 Å². The van der Waals surface area contributed by atoms with Gasteiger partial charge >= 0.3 is 0 Å². The van der Waals surface area contributed by atoms with Crippen molar-refractivity contribution in [1.29, 1.82) is 0 Å². The lowest BCUT2D eigenvalue weighted by atomic mass is 9.78. The van der Waals surface area contributed by atoms with Gasteiger partial charge in [-0.3, -0.25) is 4.79 Å². The van der Waals surface area contributed by atoms with Crippen molar-refractivity contribution in [2.45, 2.75) is 31.5 Å². The number of methoxy groups -OCH3 is 1. The molecule has 1 N–H and O–H groups in total. The molecule has 0 saturated heterocycles. The minimum Gasteiger partial charge on any atom is -0.497 e. The molecular weight excluding hydrogens is 362 g/mol. The lowest BCUT2D eigenvalue weighted by Crippen LogP contribution is -2.45. The zero-order chi connectivity index (χ0) is 20.1. The first kappa shape index (κ1) is 19.2. The summed E-state index contributed by atoms with van der Waals surface area (Å²) in [5.74, 6) is 0.617. The average Bonchev–Trinajstić information content (AvgIpc) is 2.79. The summed E-state index contributed by atoms with van der Waals surface area (Å²) in [6.45, 7) is 0.380. The molecule has 1 amide bonds. The minimum atomic E-state index is -1.01. The molecule has 29 heavy (non-hydrogen) atoms. The molecule has 3 aromatic rings. The van der Waals surface area contributed by atoms with Crippen LogP contribution in [0.3, 0.4) is 0 Å². The Morgan fingerprint density at radius 3 is 2.45 bits per heavy atom. The van der Waals surface area contributed by atoms with Crippen LogP contribution in [0.1, 0.15) is 29.5 Å². The Hall–Kier alpha value is -3.11. The van der Waals surface area contributed by atoms with Crippen molar-refractivity contribution in [3.8, 4) is 5.75 Å². The predicted octanol–water partition coefficient (Wildman–Crippen LogP) is 5.08. The highest BCUT2D eigenvalue weighted by atomic mass is 16.5. The molecule has 0 heterocycles. The highest BCUT2D eigenvalue weighted by Crippen LogP contribution is 2.40. The van der Waals surface area contributed by atoms with Crippen LogP contribution in [0, 0.1) is 0 Å². The van der Waals surface area contributed by atoms with Gasteiger partial charge in [-0.05, 0) is 60.2 Å². The molecule has 0 bridgehead atoms. The van der Waals surface area contributed by atoms with Gasteiger partial charge in [-0.15, -0.1) is 0 Å². The van der Waals surface area contributed by atoms with Crippen molar-refractivity contribution in [3.05, 3.63) is 95.6 Å². The normalized spacial score (nSPS) is 18.0. The lowest BCUT2D eigenvalue weighted by Gasteiger charge is -2.37. The molecule has 3 aromatic carbocycles. The number of carbonyl (C=O) groups excluding carboxylic acids is 1. The Labute approximate surface area is 171 Å². The van der Waals surface area contributed by atoms with E-state index in [9.17, 15) is 4.79 Å². The second-order valence-electron chi connectivity index (χ2n) is 7.29. The van der Waals surface area contributed by atoms with Crippen LogP contribution in [0.5, 0.6) is 5.75 Å². The highest BCUT2D eigenvalue weighted by molar-refractivity contribution is 5.98. The predicted molar refractivity (Wildman–Crippen MR) is 114 cm³/mol. The summed E-state index contributed by atoms with van der Waals surface area (Å²) in [5, 5.41) is 3.06. The smallest absolute Gasteiger partial charge is 0.261 e. The average molecular weight is 387 g/mol. The summed E-state index contributed by atoms with van der Waals surface area (Å²) < 4.78 is 11.6. The SMILES string of the molecule is COc1ccc(NC(=O)C2(OCc3ccccc3)CCCc3ccccc32)cc1. The molecule has 1 aliphatic carbocycles. The maximum atomic E-state index is 13.6. The van der Waals surface area contributed by atoms with Crippen molar-refractivity contribution in [2.75, 3.05) is 12.4 Å². The third-order valence-electron chi connectivity index (χ3n) is 5.47. The molecule has 4 heteroatoms. The molecule has 0 saturated carbocycles. The molecule has 0 spiro atoms. The maximum absolute atomic E-state index is 13.6. The number of rotatable bonds is 6. The van der Waals surface area contributed by atoms with E-state index >= 15 is 0 Å². The van der Waals surface area contributed by atoms with Gasteiger partial charge in [0.15, 0.2) is 5.60 Å². The van der Waals surface area contributed by atoms with Gasteiger partial charge in [0.05, 0.1) is 13.7 Å². The summed E-state index contributed by atoms with van der Waals surface area (Å²) in [4.78, 5) is 13.6. The van der Waals surface area contributed by atoms with Crippen LogP contribution in [0.15, 0.2) is 78.9 Å². The van der Waals surface area contributed by atoms with Crippen LogP contribution in [-0.4, -0.2) is 13.0 Å². The number of hydrogen-bond donors (Lipinski definition) is 1. The van der Waals surface area contributed by atoms with Gasteiger partial charge in [0.25, 0.3) is 5.91 Å². The first-order chi connectivity index (χ1) is 14.2. The number of carbonyl (C=O) groups is 1. The Balaban J connectivity index is 1.65. The van der Waals surface area contributed by atoms with Gasteiger partial charge in [-0.2, -0.15) is 0 Å². The highest BCUT2D eigenvalue weighted by Gasteiger charge is 2.44. The fourth-order valence-corrected chi connectivity index (χ4v) is 3.93. The summed E-state index contributed by atoms with van der Waals surface area (Å²) in [6.07, 6.45) is 2.52. The number of fused-ring (bicyclic) bond motifs is 1. The Morgan fingerprint density at radius 2 is 1.69 bits per heavy atom. The van der Waals surface area contributed by atoms with E-state index in [1.54, 1.807) is 7.11 Å². The summed E-state index contributed by atoms with van der Waals surface area (Å²) in [6, 6.07) is 25.5. The van der Waals surface area contributed by atoms with Crippen molar-refractivity contribution in [1.82, 2.24) is 0 Å². The van der Waals surface area contributed by atoms with Crippen molar-refractivity contribution in [2.24, 2.45) is 0 Å². The molecule has 1 aliphatic rings. The maximum Gasteiger partial charge on any atom is 0.261 e. The van der Waals surface area contributed by atoms with Gasteiger partial charge in [0.2, 0.25) is 0 Å². The number of amides is 1. The fraction of sp³-hybridized carbons (Fsp3) is 0.240. The Kier molecular flexibility index (Phi) is 5.63. The Morgan fingerprint density at radius 1 is 0.966 bits per heavy atom. The van der Waals surface area contributed by atoms with E-state index in [1.165, 1.54) is 5.56 Å². The zero-order valence-electron chi connectivity index (χ0n) is 16.6. The van der Waals surface area contributed by atoms with E-state index < -0.39 is 5.60 Å². The first-order valence-electron chi connectivity index (χ1n) is 9.93. The summed E-state index contributed by atoms with van der Waals surface area (Å²) in [7, 11) is 1.62. The van der Waals surface area contributed by atoms with Crippen LogP contribution < -0.4 is 10.1 Å². The molecule has 0 fully saturated rings. The molecular formula is C25H25NO3. The van der Waals surface area contributed by atoms with E-state index in [0.29, 0.717) is 13.0 Å². The number of anilines is 1. The second-order valence-corrected chi connectivity index (χ2v) is 7.29. The molecule has 4 rings (SSSR count). The Bertz CT molecular complexity index is 969. The topological polar surface area (TPSA) is 47.6 Å². The molecule has 0 aliphatic heterocycles. The van der Waals surface area contributed by atoms with E-state index in [0.717, 1.165) is 35.4 Å². The van der Waals surface area contributed by atoms with Crippen molar-refractivity contribution in [3.63, 3.8) is 0 Å². The molecule has 148 valence electrons. The summed E-state index contributed by atoms with van der Waals surface area (Å²) in [5.41, 5.74) is 2.91. The van der Waals surface area contributed by atoms with Gasteiger partial charge in [0.1, 0.15) is 5.75 Å². The third kappa shape index (κ3) is 4.03. The molecule has 0 aromatic heterocycles. The van der Waals surface area contributed by atoms with E-state index in [4.69, 9.17) is 9.47 Å². The largest absolute Gasteiger partial charge is 0.497 e. The van der Waals surface area contributed by atoms with Gasteiger partial charge in [-0.25, -0.2) is 0 Å². The van der Waals surface area contributed by atoms with Crippen molar-refractivity contribution >= 4 is 11.6 Å². The monoisotopic (exact) mass is 387 g/mol. The number of ether oxygens (including phenoxy) is 2. The van der Waals surface area contributed by atoms with Crippen LogP contribution >= 0.6 is 0 Å². The van der Waals surface area contributed by atoms with Gasteiger partial charge < -0.3 is 14.8 Å². The lowest BCUT2D eigenvalue weighted by molar-refractivity contribution is -0.148. The molecule has 0 radical (unpaired) electrons. The van der Waals surface area contributed by atoms with Crippen molar-refractivity contribution < 1.29 is 14.3 Å². The van der Waals surface area contributed by atoms with E-state index in [2.05, 4.69) is 11.4 Å². The zero-order valence-corrected chi connectivity index (χ0v) is 16.6. The van der Waals surface area contributed by atoms with Gasteiger partial charge in [-0.1, -0.05) is 54.6 Å². The summed E-state index contributed by atoms with van der Waals surface area (Å²) >= 11 is 0. The number of aryl methyl sites for hydroxylation is 1.